The zero-order valence-electron chi connectivity index (χ0n) is 14.1. The summed E-state index contributed by atoms with van der Waals surface area (Å²) in [4.78, 5) is 34.0. The monoisotopic (exact) mass is 350 g/mol. The summed E-state index contributed by atoms with van der Waals surface area (Å²) in [5.74, 6) is 1.23. The predicted octanol–water partition coefficient (Wildman–Crippen LogP) is 2.42. The third-order valence-corrected chi connectivity index (χ3v) is 5.28. The quantitative estimate of drug-likeness (QED) is 0.783. The number of carbonyl (C=O) groups excluding carboxylic acids is 1. The van der Waals surface area contributed by atoms with Crippen LogP contribution in [0.15, 0.2) is 39.8 Å². The molecule has 0 spiro atoms. The van der Waals surface area contributed by atoms with Crippen molar-refractivity contribution in [2.75, 3.05) is 13.1 Å². The maximum atomic E-state index is 12.7. The number of amides is 1. The number of pyridine rings is 2. The molecule has 3 aromatic rings. The first-order chi connectivity index (χ1) is 12.7. The summed E-state index contributed by atoms with van der Waals surface area (Å²) >= 11 is 0. The Hall–Kier alpha value is -2.96. The van der Waals surface area contributed by atoms with Gasteiger partial charge in [0.1, 0.15) is 5.76 Å². The lowest BCUT2D eigenvalue weighted by Crippen LogP contribution is -2.29. The van der Waals surface area contributed by atoms with E-state index in [1.54, 1.807) is 29.3 Å². The lowest BCUT2D eigenvalue weighted by atomic mass is 10.0. The Morgan fingerprint density at radius 3 is 2.96 bits per heavy atom. The van der Waals surface area contributed by atoms with Crippen LogP contribution >= 0.6 is 0 Å². The van der Waals surface area contributed by atoms with E-state index in [9.17, 15) is 9.59 Å². The molecule has 2 aliphatic rings. The largest absolute Gasteiger partial charge is 0.360 e. The zero-order valence-corrected chi connectivity index (χ0v) is 14.1. The van der Waals surface area contributed by atoms with Crippen LogP contribution in [0.2, 0.25) is 0 Å². The zero-order chi connectivity index (χ0) is 17.7. The average molecular weight is 350 g/mol. The molecular weight excluding hydrogens is 332 g/mol. The summed E-state index contributed by atoms with van der Waals surface area (Å²) in [6, 6.07) is 7.20. The van der Waals surface area contributed by atoms with Crippen molar-refractivity contribution in [1.82, 2.24) is 20.0 Å². The van der Waals surface area contributed by atoms with E-state index >= 15 is 0 Å². The fraction of sp³-hybridized carbons (Fsp3) is 0.368. The van der Waals surface area contributed by atoms with E-state index in [-0.39, 0.29) is 17.4 Å². The summed E-state index contributed by atoms with van der Waals surface area (Å²) in [5.41, 5.74) is 1.75. The normalized spacial score (nSPS) is 20.0. The number of hydrogen-bond acceptors (Lipinski definition) is 5. The molecule has 26 heavy (non-hydrogen) atoms. The smallest absolute Gasteiger partial charge is 0.276 e. The lowest BCUT2D eigenvalue weighted by molar-refractivity contribution is 0.0780. The summed E-state index contributed by atoms with van der Waals surface area (Å²) < 4.78 is 5.29. The molecule has 5 rings (SSSR count). The fourth-order valence-electron chi connectivity index (χ4n) is 3.64. The van der Waals surface area contributed by atoms with Crippen molar-refractivity contribution in [2.45, 2.75) is 31.1 Å². The molecule has 0 radical (unpaired) electrons. The van der Waals surface area contributed by atoms with Gasteiger partial charge >= 0.3 is 0 Å². The topological polar surface area (TPSA) is 92.1 Å². The minimum absolute atomic E-state index is 0.0906. The van der Waals surface area contributed by atoms with Gasteiger partial charge in [0.15, 0.2) is 5.69 Å². The van der Waals surface area contributed by atoms with Gasteiger partial charge in [0.2, 0.25) is 0 Å². The van der Waals surface area contributed by atoms with Gasteiger partial charge in [-0.15, -0.1) is 0 Å². The predicted molar refractivity (Wildman–Crippen MR) is 94.1 cm³/mol. The molecule has 1 N–H and O–H groups in total. The van der Waals surface area contributed by atoms with E-state index in [4.69, 9.17) is 4.52 Å². The van der Waals surface area contributed by atoms with E-state index in [0.717, 1.165) is 30.7 Å². The van der Waals surface area contributed by atoms with E-state index in [0.29, 0.717) is 35.6 Å². The molecule has 1 aliphatic heterocycles. The number of nitrogens with zero attached hydrogens (tertiary/aromatic N) is 3. The molecule has 1 atom stereocenters. The van der Waals surface area contributed by atoms with Crippen molar-refractivity contribution in [1.29, 1.82) is 0 Å². The minimum Gasteiger partial charge on any atom is -0.360 e. The Balaban J connectivity index is 1.36. The fourth-order valence-corrected chi connectivity index (χ4v) is 3.64. The molecular formula is C19H18N4O3. The number of hydrogen-bond donors (Lipinski definition) is 1. The van der Waals surface area contributed by atoms with Gasteiger partial charge in [-0.2, -0.15) is 0 Å². The highest BCUT2D eigenvalue weighted by Gasteiger charge is 2.33. The van der Waals surface area contributed by atoms with Gasteiger partial charge in [-0.1, -0.05) is 5.16 Å². The number of aromatic nitrogens is 3. The second-order valence-corrected chi connectivity index (χ2v) is 7.12. The van der Waals surface area contributed by atoms with Gasteiger partial charge in [-0.05, 0) is 37.5 Å². The minimum atomic E-state index is -0.138. The van der Waals surface area contributed by atoms with E-state index in [1.165, 1.54) is 0 Å². The second kappa shape index (κ2) is 5.79. The first-order valence-corrected chi connectivity index (χ1v) is 8.93. The summed E-state index contributed by atoms with van der Waals surface area (Å²) in [7, 11) is 0. The van der Waals surface area contributed by atoms with Crippen LogP contribution in [0.4, 0.5) is 0 Å². The average Bonchev–Trinajstić information content (AvgIpc) is 3.20. The SMILES string of the molecule is O=C(c1cc(C2CC2)on1)N1CCC(c2cc3ncccc3c(=O)[nH]2)C1. The van der Waals surface area contributed by atoms with E-state index < -0.39 is 0 Å². The number of likely N-dealkylation sites (tertiary alicyclic amines) is 1. The molecule has 4 heterocycles. The maximum absolute atomic E-state index is 12.7. The Morgan fingerprint density at radius 1 is 1.23 bits per heavy atom. The van der Waals surface area contributed by atoms with Gasteiger partial charge in [-0.3, -0.25) is 14.6 Å². The Kier molecular flexibility index (Phi) is 3.41. The van der Waals surface area contributed by atoms with Gasteiger partial charge in [0.05, 0.1) is 10.9 Å². The third-order valence-electron chi connectivity index (χ3n) is 5.28. The number of nitrogens with one attached hydrogen (secondary N) is 1. The van der Waals surface area contributed by atoms with Gasteiger partial charge < -0.3 is 14.4 Å². The van der Waals surface area contributed by atoms with Crippen molar-refractivity contribution in [3.8, 4) is 0 Å². The molecule has 132 valence electrons. The number of fused-ring (bicyclic) bond motifs is 1. The molecule has 0 aromatic carbocycles. The van der Waals surface area contributed by atoms with Crippen LogP contribution in [0.25, 0.3) is 10.9 Å². The highest BCUT2D eigenvalue weighted by molar-refractivity contribution is 5.92. The molecule has 2 fully saturated rings. The number of aromatic amines is 1. The van der Waals surface area contributed by atoms with E-state index in [2.05, 4.69) is 15.1 Å². The van der Waals surface area contributed by atoms with Crippen LogP contribution in [-0.2, 0) is 0 Å². The van der Waals surface area contributed by atoms with Crippen molar-refractivity contribution in [2.24, 2.45) is 0 Å². The van der Waals surface area contributed by atoms with Crippen LogP contribution in [0.3, 0.4) is 0 Å². The van der Waals surface area contributed by atoms with Crippen molar-refractivity contribution in [3.63, 3.8) is 0 Å². The van der Waals surface area contributed by atoms with Crippen LogP contribution in [0, 0.1) is 0 Å². The molecule has 7 heteroatoms. The summed E-state index contributed by atoms with van der Waals surface area (Å²) in [5, 5.41) is 4.52. The molecule has 7 nitrogen and oxygen atoms in total. The molecule has 1 aliphatic carbocycles. The first-order valence-electron chi connectivity index (χ1n) is 8.93. The Bertz CT molecular complexity index is 1050. The molecule has 1 amide bonds. The maximum Gasteiger partial charge on any atom is 0.276 e. The van der Waals surface area contributed by atoms with Crippen LogP contribution < -0.4 is 5.56 Å². The van der Waals surface area contributed by atoms with Crippen molar-refractivity contribution < 1.29 is 9.32 Å². The van der Waals surface area contributed by atoms with E-state index in [1.807, 2.05) is 6.07 Å². The highest BCUT2D eigenvalue weighted by Crippen LogP contribution is 2.40. The molecule has 3 aromatic heterocycles. The molecule has 0 bridgehead atoms. The van der Waals surface area contributed by atoms with Crippen LogP contribution in [-0.4, -0.2) is 39.0 Å². The number of carbonyl (C=O) groups is 1. The summed E-state index contributed by atoms with van der Waals surface area (Å²) in [6.45, 7) is 1.19. The molecule has 1 unspecified atom stereocenters. The number of H-pyrrole nitrogens is 1. The number of rotatable bonds is 3. The van der Waals surface area contributed by atoms with Crippen LogP contribution in [0.1, 0.15) is 53.0 Å². The highest BCUT2D eigenvalue weighted by atomic mass is 16.5. The van der Waals surface area contributed by atoms with Gasteiger partial charge in [0, 0.05) is 42.9 Å². The summed E-state index contributed by atoms with van der Waals surface area (Å²) in [6.07, 6.45) is 4.70. The van der Waals surface area contributed by atoms with Gasteiger partial charge in [0.25, 0.3) is 11.5 Å². The molecule has 1 saturated carbocycles. The van der Waals surface area contributed by atoms with Crippen LogP contribution in [0.5, 0.6) is 0 Å². The third kappa shape index (κ3) is 2.60. The van der Waals surface area contributed by atoms with Crippen molar-refractivity contribution in [3.05, 3.63) is 58.0 Å². The Morgan fingerprint density at radius 2 is 2.12 bits per heavy atom. The van der Waals surface area contributed by atoms with Gasteiger partial charge in [-0.25, -0.2) is 0 Å². The first kappa shape index (κ1) is 15.3. The standard InChI is InChI=1S/C19H18N4O3/c24-18-13-2-1-6-20-15(13)8-14(21-18)12-5-7-23(10-12)19(25)16-9-17(26-22-16)11-3-4-11/h1-2,6,8-9,11-12H,3-5,7,10H2,(H,21,24). The van der Waals surface area contributed by atoms with Crippen molar-refractivity contribution >= 4 is 16.8 Å². The Labute approximate surface area is 149 Å². The molecule has 1 saturated heterocycles. The lowest BCUT2D eigenvalue weighted by Gasteiger charge is -2.15. The second-order valence-electron chi connectivity index (χ2n) is 7.12.